The first-order chi connectivity index (χ1) is 21.8. The van der Waals surface area contributed by atoms with E-state index in [0.717, 1.165) is 0 Å². The van der Waals surface area contributed by atoms with Crippen LogP contribution in [0.2, 0.25) is 0 Å². The third-order valence-electron chi connectivity index (χ3n) is 8.67. The van der Waals surface area contributed by atoms with Crippen molar-refractivity contribution in [3.63, 3.8) is 0 Å². The van der Waals surface area contributed by atoms with Crippen LogP contribution in [0.25, 0.3) is 77.2 Å². The van der Waals surface area contributed by atoms with Crippen molar-refractivity contribution in [2.24, 2.45) is 0 Å². The van der Waals surface area contributed by atoms with Crippen molar-refractivity contribution in [2.75, 3.05) is 0 Å². The van der Waals surface area contributed by atoms with Crippen LogP contribution in [0.3, 0.4) is 0 Å². The molecule has 0 nitrogen and oxygen atoms in total. The van der Waals surface area contributed by atoms with Gasteiger partial charge in [0, 0.05) is 0 Å². The molecule has 0 aliphatic rings. The summed E-state index contributed by atoms with van der Waals surface area (Å²) in [6, 6.07) is 65.9. The Morgan fingerprint density at radius 1 is 0.182 bits per heavy atom. The van der Waals surface area contributed by atoms with Crippen molar-refractivity contribution in [1.82, 2.24) is 0 Å². The fourth-order valence-corrected chi connectivity index (χ4v) is 6.55. The molecule has 0 aromatic heterocycles. The van der Waals surface area contributed by atoms with Gasteiger partial charge >= 0.3 is 0 Å². The zero-order valence-corrected chi connectivity index (χ0v) is 24.3. The Morgan fingerprint density at radius 3 is 1.09 bits per heavy atom. The smallest absolute Gasteiger partial charge is 0.00262 e. The number of fused-ring (bicyclic) bond motifs is 2. The van der Waals surface area contributed by atoms with Gasteiger partial charge in [-0.25, -0.2) is 0 Å². The molecule has 0 heterocycles. The molecule has 0 fully saturated rings. The topological polar surface area (TPSA) is 0 Å². The lowest BCUT2D eigenvalue weighted by Gasteiger charge is -2.19. The van der Waals surface area contributed by atoms with Crippen molar-refractivity contribution in [2.45, 2.75) is 0 Å². The van der Waals surface area contributed by atoms with Crippen LogP contribution in [0.1, 0.15) is 0 Å². The van der Waals surface area contributed by atoms with Crippen molar-refractivity contribution in [1.29, 1.82) is 0 Å². The van der Waals surface area contributed by atoms with E-state index in [4.69, 9.17) is 0 Å². The Balaban J connectivity index is 1.33. The molecule has 0 N–H and O–H groups in total. The van der Waals surface area contributed by atoms with E-state index in [0.29, 0.717) is 0 Å². The van der Waals surface area contributed by atoms with E-state index in [9.17, 15) is 0 Å². The molecule has 0 saturated heterocycles. The van der Waals surface area contributed by atoms with Crippen molar-refractivity contribution >= 4 is 21.5 Å². The van der Waals surface area contributed by atoms with Crippen LogP contribution in [0.4, 0.5) is 0 Å². The highest BCUT2D eigenvalue weighted by molar-refractivity contribution is 6.22. The lowest BCUT2D eigenvalue weighted by Crippen LogP contribution is -1.92. The van der Waals surface area contributed by atoms with Crippen LogP contribution >= 0.6 is 0 Å². The quantitative estimate of drug-likeness (QED) is 0.184. The SMILES string of the molecule is c1ccc(-c2cccc(-c3ccc(-c4c5ccccc5c(-c5ccccc5)c5cc(-c6ccccc6)ccc45)cc3)c2)cc1. The zero-order valence-electron chi connectivity index (χ0n) is 24.3. The van der Waals surface area contributed by atoms with E-state index >= 15 is 0 Å². The molecule has 206 valence electrons. The minimum absolute atomic E-state index is 1.22. The summed E-state index contributed by atoms with van der Waals surface area (Å²) < 4.78 is 0. The summed E-state index contributed by atoms with van der Waals surface area (Å²) in [7, 11) is 0. The maximum Gasteiger partial charge on any atom is -0.00262 e. The molecule has 0 bridgehead atoms. The third-order valence-corrected chi connectivity index (χ3v) is 8.67. The summed E-state index contributed by atoms with van der Waals surface area (Å²) in [4.78, 5) is 0. The summed E-state index contributed by atoms with van der Waals surface area (Å²) in [6.45, 7) is 0. The maximum atomic E-state index is 2.38. The Hall–Kier alpha value is -5.72. The first kappa shape index (κ1) is 25.9. The van der Waals surface area contributed by atoms with Gasteiger partial charge in [0.25, 0.3) is 0 Å². The monoisotopic (exact) mass is 558 g/mol. The van der Waals surface area contributed by atoms with Gasteiger partial charge in [0.2, 0.25) is 0 Å². The second-order valence-electron chi connectivity index (χ2n) is 11.3. The van der Waals surface area contributed by atoms with Crippen LogP contribution in [0, 0.1) is 0 Å². The second-order valence-corrected chi connectivity index (χ2v) is 11.3. The lowest BCUT2D eigenvalue weighted by molar-refractivity contribution is 1.58. The van der Waals surface area contributed by atoms with E-state index in [1.54, 1.807) is 0 Å². The number of hydrogen-bond acceptors (Lipinski definition) is 0. The van der Waals surface area contributed by atoms with Crippen LogP contribution in [-0.2, 0) is 0 Å². The molecule has 0 atom stereocenters. The van der Waals surface area contributed by atoms with Gasteiger partial charge < -0.3 is 0 Å². The minimum Gasteiger partial charge on any atom is -0.0622 e. The van der Waals surface area contributed by atoms with Crippen molar-refractivity contribution < 1.29 is 0 Å². The second kappa shape index (κ2) is 11.2. The average molecular weight is 559 g/mol. The third kappa shape index (κ3) is 4.68. The Bertz CT molecular complexity index is 2230. The van der Waals surface area contributed by atoms with E-state index in [-0.39, 0.29) is 0 Å². The number of benzene rings is 8. The molecule has 0 aliphatic carbocycles. The predicted octanol–water partition coefficient (Wildman–Crippen LogP) is 12.3. The molecule has 8 rings (SSSR count). The standard InChI is InChI=1S/C44H30/c1-4-13-31(14-5-1)36-19-12-20-37(29-36)33-23-25-35(26-24-33)43-39-21-10-11-22-40(39)44(34-17-8-3-9-18-34)42-30-38(27-28-41(42)43)32-15-6-2-7-16-32/h1-30H. The van der Waals surface area contributed by atoms with Gasteiger partial charge in [-0.2, -0.15) is 0 Å². The highest BCUT2D eigenvalue weighted by Crippen LogP contribution is 2.45. The van der Waals surface area contributed by atoms with Crippen LogP contribution in [0.5, 0.6) is 0 Å². The molecule has 0 radical (unpaired) electrons. The first-order valence-corrected chi connectivity index (χ1v) is 15.2. The molecule has 44 heavy (non-hydrogen) atoms. The number of hydrogen-bond donors (Lipinski definition) is 0. The summed E-state index contributed by atoms with van der Waals surface area (Å²) in [5.41, 5.74) is 12.4. The summed E-state index contributed by atoms with van der Waals surface area (Å²) in [5, 5.41) is 5.07. The molecular weight excluding hydrogens is 528 g/mol. The molecule has 0 heteroatoms. The van der Waals surface area contributed by atoms with Crippen LogP contribution in [-0.4, -0.2) is 0 Å². The Morgan fingerprint density at radius 2 is 0.523 bits per heavy atom. The van der Waals surface area contributed by atoms with Crippen molar-refractivity contribution in [3.8, 4) is 55.6 Å². The first-order valence-electron chi connectivity index (χ1n) is 15.2. The summed E-state index contributed by atoms with van der Waals surface area (Å²) in [6.07, 6.45) is 0. The molecule has 0 amide bonds. The highest BCUT2D eigenvalue weighted by atomic mass is 14.2. The maximum absolute atomic E-state index is 2.38. The number of rotatable bonds is 5. The van der Waals surface area contributed by atoms with E-state index < -0.39 is 0 Å². The van der Waals surface area contributed by atoms with Gasteiger partial charge in [-0.05, 0) is 89.3 Å². The van der Waals surface area contributed by atoms with Gasteiger partial charge in [-0.15, -0.1) is 0 Å². The van der Waals surface area contributed by atoms with Crippen LogP contribution < -0.4 is 0 Å². The van der Waals surface area contributed by atoms with Gasteiger partial charge in [0.15, 0.2) is 0 Å². The molecule has 0 aliphatic heterocycles. The van der Waals surface area contributed by atoms with E-state index in [1.807, 2.05) is 0 Å². The largest absolute Gasteiger partial charge is 0.0622 e. The van der Waals surface area contributed by atoms with E-state index in [2.05, 4.69) is 182 Å². The van der Waals surface area contributed by atoms with Crippen molar-refractivity contribution in [3.05, 3.63) is 182 Å². The van der Waals surface area contributed by atoms with Gasteiger partial charge in [-0.3, -0.25) is 0 Å². The van der Waals surface area contributed by atoms with Gasteiger partial charge in [-0.1, -0.05) is 170 Å². The predicted molar refractivity (Wildman–Crippen MR) is 189 cm³/mol. The lowest BCUT2D eigenvalue weighted by atomic mass is 9.84. The molecule has 0 spiro atoms. The van der Waals surface area contributed by atoms with E-state index in [1.165, 1.54) is 77.2 Å². The minimum atomic E-state index is 1.22. The fraction of sp³-hybridized carbons (Fsp3) is 0. The molecular formula is C44H30. The average Bonchev–Trinajstić information content (AvgIpc) is 3.11. The molecule has 8 aromatic carbocycles. The Labute approximate surface area is 258 Å². The fourth-order valence-electron chi connectivity index (χ4n) is 6.55. The van der Waals surface area contributed by atoms with Gasteiger partial charge in [0.1, 0.15) is 0 Å². The normalized spacial score (nSPS) is 11.2. The highest BCUT2D eigenvalue weighted by Gasteiger charge is 2.17. The molecule has 8 aromatic rings. The summed E-state index contributed by atoms with van der Waals surface area (Å²) >= 11 is 0. The summed E-state index contributed by atoms with van der Waals surface area (Å²) in [5.74, 6) is 0. The Kier molecular flexibility index (Phi) is 6.59. The van der Waals surface area contributed by atoms with Crippen LogP contribution in [0.15, 0.2) is 182 Å². The molecule has 0 unspecified atom stereocenters. The zero-order chi connectivity index (χ0) is 29.3. The molecule has 0 saturated carbocycles. The van der Waals surface area contributed by atoms with Gasteiger partial charge in [0.05, 0.1) is 0 Å².